The van der Waals surface area contributed by atoms with Crippen LogP contribution in [0, 0.1) is 5.82 Å². The molecule has 1 aromatic heterocycles. The number of nitrogens with zero attached hydrogens (tertiary/aromatic N) is 2. The van der Waals surface area contributed by atoms with Crippen molar-refractivity contribution in [1.29, 1.82) is 0 Å². The first-order chi connectivity index (χ1) is 13.3. The Kier molecular flexibility index (Phi) is 5.26. The van der Waals surface area contributed by atoms with E-state index in [-0.39, 0.29) is 11.9 Å². The first-order valence-electron chi connectivity index (χ1n) is 9.61. The number of rotatable bonds is 5. The Hall–Kier alpha value is -2.59. The SMILES string of the molecule is CCOc1ccc([C@H]2c3cccn3CCCN2Cc2ccccc2F)cc1. The van der Waals surface area contributed by atoms with Gasteiger partial charge in [-0.15, -0.1) is 0 Å². The van der Waals surface area contributed by atoms with Gasteiger partial charge in [-0.25, -0.2) is 4.39 Å². The largest absolute Gasteiger partial charge is 0.494 e. The third kappa shape index (κ3) is 3.76. The molecule has 0 fully saturated rings. The lowest BCUT2D eigenvalue weighted by atomic mass is 10.0. The molecule has 3 nitrogen and oxygen atoms in total. The standard InChI is InChI=1S/C23H25FN2O/c1-2-27-20-12-10-18(11-13-20)23-22-9-5-14-25(22)15-6-16-26(23)17-19-7-3-4-8-21(19)24/h3-5,7-14,23H,2,6,15-17H2,1H3/t23-/m0/s1. The van der Waals surface area contributed by atoms with Crippen molar-refractivity contribution in [3.8, 4) is 5.75 Å². The Balaban J connectivity index is 1.71. The highest BCUT2D eigenvalue weighted by Crippen LogP contribution is 2.34. The predicted molar refractivity (Wildman–Crippen MR) is 105 cm³/mol. The lowest BCUT2D eigenvalue weighted by Gasteiger charge is -2.31. The van der Waals surface area contributed by atoms with Crippen molar-refractivity contribution >= 4 is 0 Å². The second kappa shape index (κ2) is 7.97. The number of hydrogen-bond acceptors (Lipinski definition) is 2. The van der Waals surface area contributed by atoms with Gasteiger partial charge in [0.05, 0.1) is 12.6 Å². The molecule has 1 aliphatic rings. The van der Waals surface area contributed by atoms with E-state index < -0.39 is 0 Å². The molecule has 0 radical (unpaired) electrons. The van der Waals surface area contributed by atoms with Crippen LogP contribution < -0.4 is 4.74 Å². The molecular weight excluding hydrogens is 339 g/mol. The zero-order valence-corrected chi connectivity index (χ0v) is 15.6. The first kappa shape index (κ1) is 17.8. The van der Waals surface area contributed by atoms with Crippen LogP contribution in [0.5, 0.6) is 5.75 Å². The van der Waals surface area contributed by atoms with Crippen molar-refractivity contribution in [3.05, 3.63) is 89.5 Å². The summed E-state index contributed by atoms with van der Waals surface area (Å²) in [5, 5.41) is 0. The molecule has 4 heteroatoms. The van der Waals surface area contributed by atoms with Crippen molar-refractivity contribution in [2.45, 2.75) is 32.5 Å². The molecule has 0 saturated heterocycles. The molecule has 140 valence electrons. The molecule has 0 spiro atoms. The first-order valence-corrected chi connectivity index (χ1v) is 9.61. The quantitative estimate of drug-likeness (QED) is 0.632. The lowest BCUT2D eigenvalue weighted by Crippen LogP contribution is -2.29. The van der Waals surface area contributed by atoms with Crippen LogP contribution in [0.25, 0.3) is 0 Å². The monoisotopic (exact) mass is 364 g/mol. The zero-order chi connectivity index (χ0) is 18.6. The normalized spacial score (nSPS) is 17.3. The van der Waals surface area contributed by atoms with E-state index in [1.165, 1.54) is 11.3 Å². The van der Waals surface area contributed by atoms with E-state index in [4.69, 9.17) is 4.74 Å². The molecule has 0 aliphatic carbocycles. The van der Waals surface area contributed by atoms with E-state index in [0.29, 0.717) is 13.2 Å². The molecular formula is C23H25FN2O. The van der Waals surface area contributed by atoms with Gasteiger partial charge in [0.1, 0.15) is 11.6 Å². The summed E-state index contributed by atoms with van der Waals surface area (Å²) in [7, 11) is 0. The van der Waals surface area contributed by atoms with Crippen molar-refractivity contribution in [2.24, 2.45) is 0 Å². The molecule has 27 heavy (non-hydrogen) atoms. The molecule has 2 heterocycles. The maximum Gasteiger partial charge on any atom is 0.127 e. The highest BCUT2D eigenvalue weighted by molar-refractivity contribution is 5.35. The molecule has 1 aliphatic heterocycles. The van der Waals surface area contributed by atoms with Crippen molar-refractivity contribution in [1.82, 2.24) is 9.47 Å². The molecule has 2 aromatic carbocycles. The fourth-order valence-electron chi connectivity index (χ4n) is 3.95. The van der Waals surface area contributed by atoms with Gasteiger partial charge in [-0.05, 0) is 49.2 Å². The number of benzene rings is 2. The van der Waals surface area contributed by atoms with Gasteiger partial charge in [-0.2, -0.15) is 0 Å². The van der Waals surface area contributed by atoms with Crippen molar-refractivity contribution in [2.75, 3.05) is 13.2 Å². The van der Waals surface area contributed by atoms with Crippen LogP contribution in [0.15, 0.2) is 66.9 Å². The summed E-state index contributed by atoms with van der Waals surface area (Å²) in [6, 6.07) is 19.8. The highest BCUT2D eigenvalue weighted by atomic mass is 19.1. The van der Waals surface area contributed by atoms with Crippen LogP contribution in [0.2, 0.25) is 0 Å². The van der Waals surface area contributed by atoms with Gasteiger partial charge in [-0.1, -0.05) is 30.3 Å². The third-order valence-corrected chi connectivity index (χ3v) is 5.19. The second-order valence-electron chi connectivity index (χ2n) is 6.95. The van der Waals surface area contributed by atoms with E-state index in [9.17, 15) is 4.39 Å². The molecule has 0 N–H and O–H groups in total. The minimum absolute atomic E-state index is 0.0952. The number of halogens is 1. The maximum atomic E-state index is 14.3. The molecule has 0 saturated carbocycles. The Morgan fingerprint density at radius 1 is 1.00 bits per heavy atom. The van der Waals surface area contributed by atoms with Crippen LogP contribution in [-0.2, 0) is 13.1 Å². The molecule has 0 bridgehead atoms. The third-order valence-electron chi connectivity index (χ3n) is 5.19. The van der Waals surface area contributed by atoms with Gasteiger partial charge in [0, 0.05) is 37.1 Å². The van der Waals surface area contributed by atoms with E-state index in [0.717, 1.165) is 30.8 Å². The zero-order valence-electron chi connectivity index (χ0n) is 15.6. The van der Waals surface area contributed by atoms with E-state index in [2.05, 4.69) is 39.9 Å². The van der Waals surface area contributed by atoms with E-state index in [1.54, 1.807) is 12.1 Å². The van der Waals surface area contributed by atoms with Gasteiger partial charge in [0.15, 0.2) is 0 Å². The fraction of sp³-hybridized carbons (Fsp3) is 0.304. The summed E-state index contributed by atoms with van der Waals surface area (Å²) in [5.41, 5.74) is 3.21. The van der Waals surface area contributed by atoms with Crippen LogP contribution in [-0.4, -0.2) is 22.6 Å². The molecule has 0 unspecified atom stereocenters. The summed E-state index contributed by atoms with van der Waals surface area (Å²) in [4.78, 5) is 2.38. The van der Waals surface area contributed by atoms with E-state index >= 15 is 0 Å². The van der Waals surface area contributed by atoms with Crippen LogP contribution in [0.1, 0.15) is 36.2 Å². The van der Waals surface area contributed by atoms with E-state index in [1.807, 2.05) is 31.2 Å². The maximum absolute atomic E-state index is 14.3. The average molecular weight is 364 g/mol. The topological polar surface area (TPSA) is 17.4 Å². The summed E-state index contributed by atoms with van der Waals surface area (Å²) in [6.07, 6.45) is 3.19. The second-order valence-corrected chi connectivity index (χ2v) is 6.95. The van der Waals surface area contributed by atoms with Gasteiger partial charge in [0.2, 0.25) is 0 Å². The Morgan fingerprint density at radius 2 is 1.81 bits per heavy atom. The minimum Gasteiger partial charge on any atom is -0.494 e. The minimum atomic E-state index is -0.137. The number of ether oxygens (including phenoxy) is 1. The molecule has 3 aromatic rings. The van der Waals surface area contributed by atoms with Gasteiger partial charge in [0.25, 0.3) is 0 Å². The van der Waals surface area contributed by atoms with Crippen LogP contribution >= 0.6 is 0 Å². The Bertz CT molecular complexity index is 887. The average Bonchev–Trinajstić information content (AvgIpc) is 3.06. The Morgan fingerprint density at radius 3 is 2.59 bits per heavy atom. The summed E-state index contributed by atoms with van der Waals surface area (Å²) in [5.74, 6) is 0.744. The number of fused-ring (bicyclic) bond motifs is 1. The Labute approximate surface area is 160 Å². The smallest absolute Gasteiger partial charge is 0.127 e. The highest BCUT2D eigenvalue weighted by Gasteiger charge is 2.27. The predicted octanol–water partition coefficient (Wildman–Crippen LogP) is 5.02. The number of aromatic nitrogens is 1. The van der Waals surface area contributed by atoms with Gasteiger partial charge in [-0.3, -0.25) is 4.90 Å². The van der Waals surface area contributed by atoms with Crippen LogP contribution in [0.4, 0.5) is 4.39 Å². The number of aryl methyl sites for hydroxylation is 1. The van der Waals surface area contributed by atoms with Crippen molar-refractivity contribution in [3.63, 3.8) is 0 Å². The molecule has 1 atom stereocenters. The lowest BCUT2D eigenvalue weighted by molar-refractivity contribution is 0.217. The molecule has 0 amide bonds. The summed E-state index contributed by atoms with van der Waals surface area (Å²) < 4.78 is 22.2. The number of hydrogen-bond donors (Lipinski definition) is 0. The summed E-state index contributed by atoms with van der Waals surface area (Å²) in [6.45, 7) is 5.15. The van der Waals surface area contributed by atoms with Crippen LogP contribution in [0.3, 0.4) is 0 Å². The van der Waals surface area contributed by atoms with Crippen molar-refractivity contribution < 1.29 is 9.13 Å². The fourth-order valence-corrected chi connectivity index (χ4v) is 3.95. The van der Waals surface area contributed by atoms with Gasteiger partial charge >= 0.3 is 0 Å². The molecule has 4 rings (SSSR count). The summed E-state index contributed by atoms with van der Waals surface area (Å²) >= 11 is 0. The van der Waals surface area contributed by atoms with Gasteiger partial charge < -0.3 is 9.30 Å².